The van der Waals surface area contributed by atoms with Gasteiger partial charge in [-0.25, -0.2) is 0 Å². The molecule has 0 aromatic carbocycles. The normalized spacial score (nSPS) is 15.5. The van der Waals surface area contributed by atoms with E-state index in [-0.39, 0.29) is 5.92 Å². The van der Waals surface area contributed by atoms with Crippen LogP contribution in [-0.4, -0.2) is 22.1 Å². The van der Waals surface area contributed by atoms with E-state index in [1.165, 1.54) is 0 Å². The predicted molar refractivity (Wildman–Crippen MR) is 46.2 cm³/mol. The zero-order valence-electron chi connectivity index (χ0n) is 6.28. The average Bonchev–Trinajstić information content (AvgIpc) is 1.84. The Kier molecular flexibility index (Phi) is 3.99. The van der Waals surface area contributed by atoms with Crippen molar-refractivity contribution in [3.05, 3.63) is 0 Å². The first-order chi connectivity index (χ1) is 4.95. The van der Waals surface area contributed by atoms with Crippen LogP contribution < -0.4 is 11.5 Å². The van der Waals surface area contributed by atoms with Crippen molar-refractivity contribution in [2.75, 3.05) is 0 Å². The third-order valence-electron chi connectivity index (χ3n) is 1.42. The highest BCUT2D eigenvalue weighted by atomic mass is 32.1. The van der Waals surface area contributed by atoms with Crippen LogP contribution >= 0.6 is 12.2 Å². The summed E-state index contributed by atoms with van der Waals surface area (Å²) < 4.78 is 0. The van der Waals surface area contributed by atoms with E-state index in [1.807, 2.05) is 0 Å². The molecule has 1 unspecified atom stereocenters. The molecule has 0 aromatic rings. The second-order valence-corrected chi connectivity index (χ2v) is 3.04. The van der Waals surface area contributed by atoms with Crippen molar-refractivity contribution in [3.63, 3.8) is 0 Å². The first-order valence-corrected chi connectivity index (χ1v) is 3.62. The molecule has 0 saturated heterocycles. The number of carboxylic acids is 1. The van der Waals surface area contributed by atoms with E-state index in [0.29, 0.717) is 11.4 Å². The highest BCUT2D eigenvalue weighted by Crippen LogP contribution is 2.05. The Morgan fingerprint density at radius 1 is 1.73 bits per heavy atom. The molecule has 0 bridgehead atoms. The maximum absolute atomic E-state index is 10.3. The fourth-order valence-corrected chi connectivity index (χ4v) is 0.951. The zero-order valence-corrected chi connectivity index (χ0v) is 7.10. The summed E-state index contributed by atoms with van der Waals surface area (Å²) >= 11 is 4.61. The Morgan fingerprint density at radius 3 is 2.45 bits per heavy atom. The van der Waals surface area contributed by atoms with Crippen LogP contribution in [0.1, 0.15) is 13.3 Å². The van der Waals surface area contributed by atoms with Gasteiger partial charge in [0.15, 0.2) is 0 Å². The molecule has 0 amide bonds. The second kappa shape index (κ2) is 4.25. The molecule has 5 N–H and O–H groups in total. The first-order valence-electron chi connectivity index (χ1n) is 3.22. The first kappa shape index (κ1) is 10.3. The third kappa shape index (κ3) is 3.90. The molecule has 11 heavy (non-hydrogen) atoms. The lowest BCUT2D eigenvalue weighted by molar-refractivity contribution is -0.139. The summed E-state index contributed by atoms with van der Waals surface area (Å²) in [5.74, 6) is -1.22. The molecular weight excluding hydrogens is 164 g/mol. The van der Waals surface area contributed by atoms with E-state index in [2.05, 4.69) is 12.2 Å². The van der Waals surface area contributed by atoms with Crippen molar-refractivity contribution in [1.82, 2.24) is 0 Å². The number of carbonyl (C=O) groups is 1. The van der Waals surface area contributed by atoms with Crippen LogP contribution in [0.25, 0.3) is 0 Å². The Hall–Kier alpha value is -0.680. The van der Waals surface area contributed by atoms with Crippen molar-refractivity contribution in [1.29, 1.82) is 0 Å². The molecule has 0 radical (unpaired) electrons. The maximum atomic E-state index is 10.3. The van der Waals surface area contributed by atoms with Crippen molar-refractivity contribution in [2.24, 2.45) is 17.4 Å². The van der Waals surface area contributed by atoms with Gasteiger partial charge < -0.3 is 16.6 Å². The Labute approximate surface area is 70.6 Å². The predicted octanol–water partition coefficient (Wildman–Crippen LogP) is -0.289. The Morgan fingerprint density at radius 2 is 2.18 bits per heavy atom. The molecule has 4 nitrogen and oxygen atoms in total. The van der Waals surface area contributed by atoms with E-state index in [9.17, 15) is 4.79 Å². The Balaban J connectivity index is 3.92. The van der Waals surface area contributed by atoms with Crippen LogP contribution in [-0.2, 0) is 4.79 Å². The molecule has 0 aliphatic heterocycles. The van der Waals surface area contributed by atoms with Gasteiger partial charge in [-0.1, -0.05) is 19.1 Å². The number of hydrogen-bond donors (Lipinski definition) is 3. The zero-order chi connectivity index (χ0) is 9.02. The summed E-state index contributed by atoms with van der Waals surface area (Å²) in [5, 5.41) is 8.46. The molecule has 0 aromatic heterocycles. The molecule has 0 aliphatic carbocycles. The van der Waals surface area contributed by atoms with Crippen LogP contribution in [0.3, 0.4) is 0 Å². The van der Waals surface area contributed by atoms with E-state index in [0.717, 1.165) is 0 Å². The quantitative estimate of drug-likeness (QED) is 0.512. The van der Waals surface area contributed by atoms with E-state index in [4.69, 9.17) is 16.6 Å². The standard InChI is InChI=1S/C6H12N2O2S/c1-3(2-4(7)11)5(8)6(9)10/h3,5H,2,8H2,1H3,(H2,7,11)(H,9,10)/t3?,5-/m0/s1. The fourth-order valence-electron chi connectivity index (χ4n) is 0.688. The highest BCUT2D eigenvalue weighted by Gasteiger charge is 2.19. The van der Waals surface area contributed by atoms with Crippen molar-refractivity contribution in [2.45, 2.75) is 19.4 Å². The highest BCUT2D eigenvalue weighted by molar-refractivity contribution is 7.80. The summed E-state index contributed by atoms with van der Waals surface area (Å²) in [5.41, 5.74) is 10.5. The smallest absolute Gasteiger partial charge is 0.320 e. The lowest BCUT2D eigenvalue weighted by Gasteiger charge is -2.14. The second-order valence-electron chi connectivity index (χ2n) is 2.51. The summed E-state index contributed by atoms with van der Waals surface area (Å²) in [6.07, 6.45) is 0.378. The lowest BCUT2D eigenvalue weighted by Crippen LogP contribution is -2.38. The minimum atomic E-state index is -1.02. The molecule has 0 saturated carbocycles. The largest absolute Gasteiger partial charge is 0.480 e. The summed E-state index contributed by atoms with van der Waals surface area (Å²) in [4.78, 5) is 10.6. The van der Waals surface area contributed by atoms with Gasteiger partial charge in [0.25, 0.3) is 0 Å². The summed E-state index contributed by atoms with van der Waals surface area (Å²) in [6.45, 7) is 1.71. The number of nitrogens with two attached hydrogens (primary N) is 2. The van der Waals surface area contributed by atoms with Crippen molar-refractivity contribution >= 4 is 23.2 Å². The van der Waals surface area contributed by atoms with Gasteiger partial charge >= 0.3 is 5.97 Å². The topological polar surface area (TPSA) is 89.3 Å². The molecule has 0 heterocycles. The van der Waals surface area contributed by atoms with Gasteiger partial charge in [-0.15, -0.1) is 0 Å². The molecule has 64 valence electrons. The molecule has 5 heteroatoms. The van der Waals surface area contributed by atoms with Crippen LogP contribution in [0.2, 0.25) is 0 Å². The minimum Gasteiger partial charge on any atom is -0.480 e. The average molecular weight is 176 g/mol. The molecule has 0 aliphatic rings. The van der Waals surface area contributed by atoms with Crippen LogP contribution in [0.4, 0.5) is 0 Å². The van der Waals surface area contributed by atoms with E-state index < -0.39 is 12.0 Å². The molecule has 0 rings (SSSR count). The molecule has 0 spiro atoms. The molecule has 2 atom stereocenters. The van der Waals surface area contributed by atoms with E-state index >= 15 is 0 Å². The lowest BCUT2D eigenvalue weighted by atomic mass is 9.99. The van der Waals surface area contributed by atoms with Gasteiger partial charge in [0.1, 0.15) is 6.04 Å². The van der Waals surface area contributed by atoms with Crippen molar-refractivity contribution < 1.29 is 9.90 Å². The fraction of sp³-hybridized carbons (Fsp3) is 0.667. The number of thiocarbonyl (C=S) groups is 1. The number of aliphatic carboxylic acids is 1. The summed E-state index contributed by atoms with van der Waals surface area (Å²) in [7, 11) is 0. The van der Waals surface area contributed by atoms with Crippen LogP contribution in [0.5, 0.6) is 0 Å². The molecule has 0 fully saturated rings. The van der Waals surface area contributed by atoms with Gasteiger partial charge in [0.05, 0.1) is 4.99 Å². The summed E-state index contributed by atoms with van der Waals surface area (Å²) in [6, 6.07) is -0.878. The monoisotopic (exact) mass is 176 g/mol. The van der Waals surface area contributed by atoms with Crippen LogP contribution in [0.15, 0.2) is 0 Å². The Bertz CT molecular complexity index is 172. The van der Waals surface area contributed by atoms with Crippen molar-refractivity contribution in [3.8, 4) is 0 Å². The van der Waals surface area contributed by atoms with Gasteiger partial charge in [0.2, 0.25) is 0 Å². The molecular formula is C6H12N2O2S. The van der Waals surface area contributed by atoms with E-state index in [1.54, 1.807) is 6.92 Å². The number of hydrogen-bond acceptors (Lipinski definition) is 3. The van der Waals surface area contributed by atoms with Gasteiger partial charge in [-0.2, -0.15) is 0 Å². The van der Waals surface area contributed by atoms with Gasteiger partial charge in [0, 0.05) is 6.42 Å². The SMILES string of the molecule is CC(CC(N)=S)[C@H](N)C(=O)O. The number of rotatable bonds is 4. The van der Waals surface area contributed by atoms with Gasteiger partial charge in [-0.05, 0) is 5.92 Å². The third-order valence-corrected chi connectivity index (χ3v) is 1.59. The van der Waals surface area contributed by atoms with Crippen LogP contribution in [0, 0.1) is 5.92 Å². The van der Waals surface area contributed by atoms with Gasteiger partial charge in [-0.3, -0.25) is 4.79 Å². The number of carboxylic acid groups (broad SMARTS) is 1. The minimum absolute atomic E-state index is 0.204. The maximum Gasteiger partial charge on any atom is 0.320 e.